The highest BCUT2D eigenvalue weighted by atomic mass is 19.1. The second-order valence-electron chi connectivity index (χ2n) is 7.35. The van der Waals surface area contributed by atoms with Crippen molar-refractivity contribution in [3.63, 3.8) is 0 Å². The first-order valence-electron chi connectivity index (χ1n) is 9.61. The number of nitriles is 1. The van der Waals surface area contributed by atoms with Crippen LogP contribution in [0.5, 0.6) is 0 Å². The van der Waals surface area contributed by atoms with Gasteiger partial charge in [-0.15, -0.1) is 0 Å². The molecule has 4 nitrogen and oxygen atoms in total. The van der Waals surface area contributed by atoms with Crippen molar-refractivity contribution < 1.29 is 9.18 Å². The smallest absolute Gasteiger partial charge is 0.166 e. The third kappa shape index (κ3) is 4.84. The van der Waals surface area contributed by atoms with E-state index in [1.165, 1.54) is 12.1 Å². The highest BCUT2D eigenvalue weighted by molar-refractivity contribution is 5.97. The fourth-order valence-corrected chi connectivity index (χ4v) is 3.90. The second-order valence-corrected chi connectivity index (χ2v) is 7.35. The van der Waals surface area contributed by atoms with Crippen LogP contribution in [0, 0.1) is 23.1 Å². The molecule has 0 aliphatic carbocycles. The standard InChI is InChI=1S/C22H26FN3O/c1-25-12-3-5-21(25)19(16-24)4-2-13-26-14-10-18(11-15-26)22(27)17-6-8-20(23)9-7-17/h3,5-9,12,18-19H,2,4,10-11,13-15H2,1H3. The van der Waals surface area contributed by atoms with Crippen LogP contribution in [0.25, 0.3) is 0 Å². The maximum atomic E-state index is 13.0. The predicted molar refractivity (Wildman–Crippen MR) is 103 cm³/mol. The highest BCUT2D eigenvalue weighted by Crippen LogP contribution is 2.24. The Morgan fingerprint density at radius 3 is 2.56 bits per heavy atom. The maximum absolute atomic E-state index is 13.0. The third-order valence-corrected chi connectivity index (χ3v) is 5.55. The number of carbonyl (C=O) groups is 1. The summed E-state index contributed by atoms with van der Waals surface area (Å²) in [5.41, 5.74) is 1.68. The number of aryl methyl sites for hydroxylation is 1. The number of aromatic nitrogens is 1. The zero-order valence-electron chi connectivity index (χ0n) is 15.8. The van der Waals surface area contributed by atoms with E-state index in [1.54, 1.807) is 12.1 Å². The lowest BCUT2D eigenvalue weighted by molar-refractivity contribution is 0.0838. The van der Waals surface area contributed by atoms with Gasteiger partial charge < -0.3 is 9.47 Å². The molecule has 3 rings (SSSR count). The summed E-state index contributed by atoms with van der Waals surface area (Å²) in [6, 6.07) is 12.3. The van der Waals surface area contributed by atoms with Crippen LogP contribution in [-0.4, -0.2) is 34.9 Å². The number of hydrogen-bond acceptors (Lipinski definition) is 3. The Morgan fingerprint density at radius 2 is 1.96 bits per heavy atom. The number of hydrogen-bond donors (Lipinski definition) is 0. The Kier molecular flexibility index (Phi) is 6.41. The van der Waals surface area contributed by atoms with Gasteiger partial charge in [0, 0.05) is 30.4 Å². The lowest BCUT2D eigenvalue weighted by atomic mass is 9.88. The Hall–Kier alpha value is -2.45. The molecule has 0 bridgehead atoms. The van der Waals surface area contributed by atoms with E-state index >= 15 is 0 Å². The van der Waals surface area contributed by atoms with Crippen molar-refractivity contribution in [2.75, 3.05) is 19.6 Å². The van der Waals surface area contributed by atoms with Gasteiger partial charge in [0.15, 0.2) is 5.78 Å². The van der Waals surface area contributed by atoms with Gasteiger partial charge in [-0.2, -0.15) is 5.26 Å². The van der Waals surface area contributed by atoms with Crippen molar-refractivity contribution in [1.82, 2.24) is 9.47 Å². The molecule has 1 aliphatic rings. The number of carbonyl (C=O) groups excluding carboxylic acids is 1. The number of halogens is 1. The molecule has 0 saturated carbocycles. The molecule has 1 saturated heterocycles. The lowest BCUT2D eigenvalue weighted by Crippen LogP contribution is -2.37. The molecule has 5 heteroatoms. The molecule has 2 heterocycles. The van der Waals surface area contributed by atoms with E-state index < -0.39 is 0 Å². The first-order valence-corrected chi connectivity index (χ1v) is 9.61. The average molecular weight is 367 g/mol. The summed E-state index contributed by atoms with van der Waals surface area (Å²) in [6.07, 6.45) is 5.48. The second kappa shape index (κ2) is 8.96. The summed E-state index contributed by atoms with van der Waals surface area (Å²) in [4.78, 5) is 14.9. The van der Waals surface area contributed by atoms with Gasteiger partial charge in [0.2, 0.25) is 0 Å². The van der Waals surface area contributed by atoms with E-state index in [2.05, 4.69) is 11.0 Å². The van der Waals surface area contributed by atoms with E-state index in [1.807, 2.05) is 29.9 Å². The Bertz CT molecular complexity index is 798. The number of likely N-dealkylation sites (tertiary alicyclic amines) is 1. The predicted octanol–water partition coefficient (Wildman–Crippen LogP) is 4.15. The van der Waals surface area contributed by atoms with E-state index in [0.717, 1.165) is 51.0 Å². The number of ketones is 1. The molecule has 0 N–H and O–H groups in total. The first-order chi connectivity index (χ1) is 13.1. The molecule has 142 valence electrons. The fourth-order valence-electron chi connectivity index (χ4n) is 3.90. The average Bonchev–Trinajstić information content (AvgIpc) is 3.11. The van der Waals surface area contributed by atoms with Crippen LogP contribution in [0.2, 0.25) is 0 Å². The largest absolute Gasteiger partial charge is 0.353 e. The van der Waals surface area contributed by atoms with Gasteiger partial charge in [-0.25, -0.2) is 4.39 Å². The SMILES string of the molecule is Cn1cccc1C(C#N)CCCN1CCC(C(=O)c2ccc(F)cc2)CC1. The Morgan fingerprint density at radius 1 is 1.26 bits per heavy atom. The summed E-state index contributed by atoms with van der Waals surface area (Å²) in [5, 5.41) is 9.44. The number of benzene rings is 1. The van der Waals surface area contributed by atoms with Gasteiger partial charge in [0.1, 0.15) is 5.82 Å². The van der Waals surface area contributed by atoms with Crippen molar-refractivity contribution in [3.05, 3.63) is 59.7 Å². The van der Waals surface area contributed by atoms with Crippen LogP contribution in [0.4, 0.5) is 4.39 Å². The summed E-state index contributed by atoms with van der Waals surface area (Å²) in [6.45, 7) is 2.76. The Labute approximate surface area is 160 Å². The van der Waals surface area contributed by atoms with Crippen molar-refractivity contribution in [2.45, 2.75) is 31.6 Å². The molecule has 0 amide bonds. The molecule has 1 aromatic heterocycles. The Balaban J connectivity index is 1.43. The van der Waals surface area contributed by atoms with Crippen LogP contribution in [0.3, 0.4) is 0 Å². The van der Waals surface area contributed by atoms with Crippen LogP contribution < -0.4 is 0 Å². The quantitative estimate of drug-likeness (QED) is 0.691. The van der Waals surface area contributed by atoms with E-state index in [9.17, 15) is 14.4 Å². The topological polar surface area (TPSA) is 49.0 Å². The number of piperidine rings is 1. The summed E-state index contributed by atoms with van der Waals surface area (Å²) in [5.74, 6) is -0.222. The molecule has 27 heavy (non-hydrogen) atoms. The molecular formula is C22H26FN3O. The number of Topliss-reactive ketones (excluding diaryl/α,β-unsaturated/α-hetero) is 1. The summed E-state index contributed by atoms with van der Waals surface area (Å²) in [7, 11) is 1.97. The molecule has 1 unspecified atom stereocenters. The van der Waals surface area contributed by atoms with Gasteiger partial charge >= 0.3 is 0 Å². The minimum Gasteiger partial charge on any atom is -0.353 e. The van der Waals surface area contributed by atoms with Gasteiger partial charge in [0.25, 0.3) is 0 Å². The van der Waals surface area contributed by atoms with E-state index in [4.69, 9.17) is 0 Å². The van der Waals surface area contributed by atoms with Crippen molar-refractivity contribution in [2.24, 2.45) is 13.0 Å². The normalized spacial score (nSPS) is 16.8. The van der Waals surface area contributed by atoms with Crippen LogP contribution in [-0.2, 0) is 7.05 Å². The van der Waals surface area contributed by atoms with Gasteiger partial charge in [-0.1, -0.05) is 0 Å². The van der Waals surface area contributed by atoms with Gasteiger partial charge in [0.05, 0.1) is 12.0 Å². The summed E-state index contributed by atoms with van der Waals surface area (Å²) >= 11 is 0. The van der Waals surface area contributed by atoms with Crippen molar-refractivity contribution in [3.8, 4) is 6.07 Å². The number of rotatable bonds is 7. The zero-order valence-corrected chi connectivity index (χ0v) is 15.8. The molecule has 0 spiro atoms. The minimum atomic E-state index is -0.313. The van der Waals surface area contributed by atoms with Crippen LogP contribution in [0.1, 0.15) is 47.7 Å². The molecule has 1 atom stereocenters. The molecule has 2 aromatic rings. The first kappa shape index (κ1) is 19.3. The van der Waals surface area contributed by atoms with Crippen LogP contribution in [0.15, 0.2) is 42.6 Å². The van der Waals surface area contributed by atoms with Gasteiger partial charge in [-0.3, -0.25) is 4.79 Å². The molecular weight excluding hydrogens is 341 g/mol. The monoisotopic (exact) mass is 367 g/mol. The molecule has 1 aliphatic heterocycles. The zero-order chi connectivity index (χ0) is 19.2. The van der Waals surface area contributed by atoms with Crippen LogP contribution >= 0.6 is 0 Å². The van der Waals surface area contributed by atoms with E-state index in [-0.39, 0.29) is 23.4 Å². The van der Waals surface area contributed by atoms with Crippen molar-refractivity contribution >= 4 is 5.78 Å². The summed E-state index contributed by atoms with van der Waals surface area (Å²) < 4.78 is 15.0. The molecule has 1 fully saturated rings. The molecule has 1 aromatic carbocycles. The third-order valence-electron chi connectivity index (χ3n) is 5.55. The number of nitrogens with zero attached hydrogens (tertiary/aromatic N) is 3. The maximum Gasteiger partial charge on any atom is 0.166 e. The molecule has 0 radical (unpaired) electrons. The minimum absolute atomic E-state index is 0.0296. The van der Waals surface area contributed by atoms with E-state index in [0.29, 0.717) is 5.56 Å². The lowest BCUT2D eigenvalue weighted by Gasteiger charge is -2.31. The highest BCUT2D eigenvalue weighted by Gasteiger charge is 2.25. The van der Waals surface area contributed by atoms with Crippen molar-refractivity contribution in [1.29, 1.82) is 5.26 Å². The fraction of sp³-hybridized carbons (Fsp3) is 0.455. The van der Waals surface area contributed by atoms with Gasteiger partial charge in [-0.05, 0) is 81.7 Å².